The number of rotatable bonds is 6. The van der Waals surface area contributed by atoms with E-state index in [4.69, 9.17) is 15.3 Å². The Balaban J connectivity index is 1.36. The molecule has 2 N–H and O–H groups in total. The molecule has 0 spiro atoms. The zero-order chi connectivity index (χ0) is 20.2. The number of nitrogens with two attached hydrogens (primary N) is 1. The fourth-order valence-electron chi connectivity index (χ4n) is 2.85. The number of nitrogen functional groups attached to an aromatic ring is 1. The monoisotopic (exact) mass is 412 g/mol. The van der Waals surface area contributed by atoms with Gasteiger partial charge in [0.2, 0.25) is 11.1 Å². The quantitative estimate of drug-likeness (QED) is 0.480. The Morgan fingerprint density at radius 3 is 2.86 bits per heavy atom. The number of ether oxygens (including phenoxy) is 2. The van der Waals surface area contributed by atoms with Crippen LogP contribution in [0, 0.1) is 0 Å². The Morgan fingerprint density at radius 1 is 1.24 bits per heavy atom. The van der Waals surface area contributed by atoms with Crippen LogP contribution in [-0.4, -0.2) is 56.7 Å². The van der Waals surface area contributed by atoms with Gasteiger partial charge in [0.15, 0.2) is 17.3 Å². The lowest BCUT2D eigenvalue weighted by molar-refractivity contribution is -0.127. The van der Waals surface area contributed by atoms with Crippen LogP contribution in [0.15, 0.2) is 47.9 Å². The van der Waals surface area contributed by atoms with Gasteiger partial charge in [0.05, 0.1) is 5.75 Å². The molecule has 0 aliphatic carbocycles. The molecule has 1 aliphatic heterocycles. The average molecular weight is 412 g/mol. The van der Waals surface area contributed by atoms with E-state index in [1.165, 1.54) is 16.4 Å². The molecular formula is C19H20N6O3S. The van der Waals surface area contributed by atoms with Crippen molar-refractivity contribution in [3.8, 4) is 22.9 Å². The lowest BCUT2D eigenvalue weighted by Gasteiger charge is -2.21. The van der Waals surface area contributed by atoms with Crippen LogP contribution in [-0.2, 0) is 11.3 Å². The minimum absolute atomic E-state index is 0.0455. The summed E-state index contributed by atoms with van der Waals surface area (Å²) in [5.41, 5.74) is 1.73. The number of carbonyl (C=O) groups excluding carboxylic acids is 1. The number of nitrogens with zero attached hydrogens (tertiary/aromatic N) is 5. The minimum atomic E-state index is -0.0455. The summed E-state index contributed by atoms with van der Waals surface area (Å²) in [6.45, 7) is 1.55. The molecule has 3 aromatic rings. The zero-order valence-electron chi connectivity index (χ0n) is 15.8. The van der Waals surface area contributed by atoms with Gasteiger partial charge in [0, 0.05) is 31.5 Å². The van der Waals surface area contributed by atoms with E-state index in [0.29, 0.717) is 36.5 Å². The Bertz CT molecular complexity index is 1010. The van der Waals surface area contributed by atoms with Gasteiger partial charge in [-0.3, -0.25) is 9.78 Å². The van der Waals surface area contributed by atoms with Crippen molar-refractivity contribution in [3.05, 3.63) is 48.3 Å². The molecule has 9 nitrogen and oxygen atoms in total. The van der Waals surface area contributed by atoms with Gasteiger partial charge in [0.25, 0.3) is 0 Å². The van der Waals surface area contributed by atoms with Crippen molar-refractivity contribution in [1.29, 1.82) is 0 Å². The molecule has 0 radical (unpaired) electrons. The van der Waals surface area contributed by atoms with Gasteiger partial charge in [0.1, 0.15) is 13.2 Å². The molecule has 150 valence electrons. The summed E-state index contributed by atoms with van der Waals surface area (Å²) >= 11 is 1.24. The summed E-state index contributed by atoms with van der Waals surface area (Å²) in [7, 11) is 1.76. The lowest BCUT2D eigenvalue weighted by Crippen LogP contribution is -2.28. The van der Waals surface area contributed by atoms with E-state index in [9.17, 15) is 4.79 Å². The van der Waals surface area contributed by atoms with Crippen molar-refractivity contribution in [2.24, 2.45) is 0 Å². The third-order valence-corrected chi connectivity index (χ3v) is 5.29. The van der Waals surface area contributed by atoms with Crippen molar-refractivity contribution >= 4 is 17.7 Å². The van der Waals surface area contributed by atoms with E-state index in [2.05, 4.69) is 15.2 Å². The zero-order valence-corrected chi connectivity index (χ0v) is 16.6. The first kappa shape index (κ1) is 19.1. The second kappa shape index (κ2) is 8.39. The highest BCUT2D eigenvalue weighted by atomic mass is 32.2. The van der Waals surface area contributed by atoms with Gasteiger partial charge in [-0.05, 0) is 29.8 Å². The smallest absolute Gasteiger partial charge is 0.233 e. The average Bonchev–Trinajstić information content (AvgIpc) is 3.12. The number of hydrogen-bond donors (Lipinski definition) is 1. The largest absolute Gasteiger partial charge is 0.486 e. The maximum Gasteiger partial charge on any atom is 0.233 e. The first-order valence-electron chi connectivity index (χ1n) is 8.98. The third kappa shape index (κ3) is 4.27. The molecule has 0 saturated carbocycles. The molecule has 10 heteroatoms. The van der Waals surface area contributed by atoms with Crippen LogP contribution in [0.25, 0.3) is 11.4 Å². The van der Waals surface area contributed by atoms with Gasteiger partial charge in [-0.1, -0.05) is 17.8 Å². The number of benzene rings is 1. The number of aromatic nitrogens is 4. The lowest BCUT2D eigenvalue weighted by atomic mass is 10.2. The number of thioether (sulfide) groups is 1. The number of pyridine rings is 1. The SMILES string of the molecule is CN(Cc1ccc2c(c1)OCCO2)C(=O)CSc1nnc(-c2cccnc2)n1N. The van der Waals surface area contributed by atoms with Gasteiger partial charge in [-0.25, -0.2) is 4.68 Å². The summed E-state index contributed by atoms with van der Waals surface area (Å²) in [5, 5.41) is 8.63. The Hall–Kier alpha value is -3.27. The standard InChI is InChI=1S/C19H20N6O3S/c1-24(11-13-4-5-15-16(9-13)28-8-7-27-15)17(26)12-29-19-23-22-18(25(19)20)14-3-2-6-21-10-14/h2-6,9-10H,7-8,11-12,20H2,1H3. The maximum atomic E-state index is 12.5. The third-order valence-electron chi connectivity index (χ3n) is 4.36. The molecule has 0 bridgehead atoms. The summed E-state index contributed by atoms with van der Waals surface area (Å²) in [5.74, 6) is 8.17. The first-order valence-corrected chi connectivity index (χ1v) is 9.96. The number of fused-ring (bicyclic) bond motifs is 1. The number of carbonyl (C=O) groups is 1. The Labute approximate surface area is 171 Å². The molecule has 0 saturated heterocycles. The van der Waals surface area contributed by atoms with Crippen molar-refractivity contribution in [2.75, 3.05) is 31.9 Å². The summed E-state index contributed by atoms with van der Waals surface area (Å²) in [4.78, 5) is 18.2. The van der Waals surface area contributed by atoms with Crippen molar-refractivity contribution in [3.63, 3.8) is 0 Å². The van der Waals surface area contributed by atoms with E-state index in [1.54, 1.807) is 30.4 Å². The molecule has 29 heavy (non-hydrogen) atoms. The van der Waals surface area contributed by atoms with Crippen LogP contribution >= 0.6 is 11.8 Å². The molecule has 0 atom stereocenters. The molecule has 1 aromatic carbocycles. The van der Waals surface area contributed by atoms with Gasteiger partial charge in [-0.2, -0.15) is 0 Å². The normalized spacial score (nSPS) is 12.6. The molecule has 1 aliphatic rings. The molecule has 4 rings (SSSR count). The van der Waals surface area contributed by atoms with E-state index in [-0.39, 0.29) is 11.7 Å². The van der Waals surface area contributed by atoms with Crippen molar-refractivity contribution < 1.29 is 14.3 Å². The summed E-state index contributed by atoms with van der Waals surface area (Å²) in [6, 6.07) is 9.35. The van der Waals surface area contributed by atoms with E-state index >= 15 is 0 Å². The highest BCUT2D eigenvalue weighted by Gasteiger charge is 2.17. The molecule has 1 amide bonds. The van der Waals surface area contributed by atoms with Crippen molar-refractivity contribution in [2.45, 2.75) is 11.7 Å². The summed E-state index contributed by atoms with van der Waals surface area (Å²) in [6.07, 6.45) is 3.33. The summed E-state index contributed by atoms with van der Waals surface area (Å²) < 4.78 is 12.5. The predicted molar refractivity (Wildman–Crippen MR) is 108 cm³/mol. The topological polar surface area (TPSA) is 108 Å². The van der Waals surface area contributed by atoms with Crippen LogP contribution in [0.1, 0.15) is 5.56 Å². The Morgan fingerprint density at radius 2 is 2.07 bits per heavy atom. The van der Waals surface area contributed by atoms with Crippen molar-refractivity contribution in [1.82, 2.24) is 24.8 Å². The Kier molecular flexibility index (Phi) is 5.52. The van der Waals surface area contributed by atoms with E-state index in [1.807, 2.05) is 24.3 Å². The second-order valence-corrected chi connectivity index (χ2v) is 7.38. The fraction of sp³-hybridized carbons (Fsp3) is 0.263. The molecule has 0 fully saturated rings. The van der Waals surface area contributed by atoms with E-state index in [0.717, 1.165) is 16.9 Å². The molecule has 0 unspecified atom stereocenters. The van der Waals surface area contributed by atoms with Gasteiger partial charge >= 0.3 is 0 Å². The van der Waals surface area contributed by atoms with E-state index < -0.39 is 0 Å². The fourth-order valence-corrected chi connectivity index (χ4v) is 3.65. The van der Waals surface area contributed by atoms with Crippen LogP contribution in [0.4, 0.5) is 0 Å². The van der Waals surface area contributed by atoms with Crippen LogP contribution in [0.2, 0.25) is 0 Å². The predicted octanol–water partition coefficient (Wildman–Crippen LogP) is 1.58. The molecule has 2 aromatic heterocycles. The first-order chi connectivity index (χ1) is 14.1. The minimum Gasteiger partial charge on any atom is -0.486 e. The van der Waals surface area contributed by atoms with Gasteiger partial charge < -0.3 is 20.2 Å². The number of amides is 1. The van der Waals surface area contributed by atoms with Crippen LogP contribution in [0.3, 0.4) is 0 Å². The molecular weight excluding hydrogens is 392 g/mol. The molecule has 3 heterocycles. The van der Waals surface area contributed by atoms with Crippen LogP contribution in [0.5, 0.6) is 11.5 Å². The highest BCUT2D eigenvalue weighted by molar-refractivity contribution is 7.99. The van der Waals surface area contributed by atoms with Crippen LogP contribution < -0.4 is 15.3 Å². The maximum absolute atomic E-state index is 12.5. The second-order valence-electron chi connectivity index (χ2n) is 6.43. The van der Waals surface area contributed by atoms with Gasteiger partial charge in [-0.15, -0.1) is 10.2 Å². The number of hydrogen-bond acceptors (Lipinski definition) is 8. The highest BCUT2D eigenvalue weighted by Crippen LogP contribution is 2.31.